The average molecular weight is 556 g/mol. The van der Waals surface area contributed by atoms with Crippen LogP contribution in [0.2, 0.25) is 0 Å². The maximum atomic E-state index is 6.19. The van der Waals surface area contributed by atoms with E-state index >= 15 is 0 Å². The zero-order valence-corrected chi connectivity index (χ0v) is 25.0. The Kier molecular flexibility index (Phi) is 8.56. The Bertz CT molecular complexity index is 755. The number of hydrogen-bond donors (Lipinski definition) is 0. The Morgan fingerprint density at radius 1 is 0.829 bits per heavy atom. The summed E-state index contributed by atoms with van der Waals surface area (Å²) in [5.74, 6) is 1.97. The molecule has 202 valence electrons. The van der Waals surface area contributed by atoms with E-state index in [-0.39, 0.29) is 11.6 Å². The van der Waals surface area contributed by atoms with Crippen LogP contribution in [-0.4, -0.2) is 42.8 Å². The van der Waals surface area contributed by atoms with Crippen molar-refractivity contribution in [3.8, 4) is 0 Å². The van der Waals surface area contributed by atoms with Gasteiger partial charge in [-0.15, -0.1) is 0 Å². The van der Waals surface area contributed by atoms with Crippen molar-refractivity contribution in [1.29, 1.82) is 0 Å². The molecular formula is C30H51BrO4. The quantitative estimate of drug-likeness (QED) is 0.244. The van der Waals surface area contributed by atoms with Gasteiger partial charge in [0.2, 0.25) is 0 Å². The summed E-state index contributed by atoms with van der Waals surface area (Å²) in [6.45, 7) is 18.6. The van der Waals surface area contributed by atoms with Gasteiger partial charge >= 0.3 is 0 Å². The van der Waals surface area contributed by atoms with Crippen LogP contribution in [0.15, 0.2) is 11.6 Å². The molecule has 0 aromatic heterocycles. The minimum absolute atomic E-state index is 0.291. The molecule has 2 heterocycles. The van der Waals surface area contributed by atoms with Crippen molar-refractivity contribution >= 4 is 15.9 Å². The van der Waals surface area contributed by atoms with E-state index in [9.17, 15) is 0 Å². The number of hydrogen-bond acceptors (Lipinski definition) is 4. The van der Waals surface area contributed by atoms with Gasteiger partial charge in [0.15, 0.2) is 11.6 Å². The smallest absolute Gasteiger partial charge is 0.172 e. The van der Waals surface area contributed by atoms with Crippen molar-refractivity contribution in [1.82, 2.24) is 0 Å². The van der Waals surface area contributed by atoms with E-state index in [1.165, 1.54) is 38.5 Å². The highest BCUT2D eigenvalue weighted by atomic mass is 79.9. The van der Waals surface area contributed by atoms with Crippen molar-refractivity contribution in [2.75, 3.05) is 26.4 Å². The Morgan fingerprint density at radius 3 is 2.06 bits per heavy atom. The van der Waals surface area contributed by atoms with Crippen LogP contribution >= 0.6 is 15.9 Å². The molecule has 0 radical (unpaired) electrons. The van der Waals surface area contributed by atoms with Crippen LogP contribution in [0.5, 0.6) is 0 Å². The van der Waals surface area contributed by atoms with Gasteiger partial charge in [-0.05, 0) is 67.6 Å². The fourth-order valence-corrected chi connectivity index (χ4v) is 9.94. The van der Waals surface area contributed by atoms with Crippen molar-refractivity contribution in [2.45, 2.75) is 116 Å². The lowest BCUT2D eigenvalue weighted by atomic mass is 9.47. The molecule has 6 aliphatic rings. The second-order valence-corrected chi connectivity index (χ2v) is 13.3. The summed E-state index contributed by atoms with van der Waals surface area (Å²) >= 11 is 4.17. The molecule has 0 amide bonds. The third kappa shape index (κ3) is 4.62. The predicted octanol–water partition coefficient (Wildman–Crippen LogP) is 7.89. The largest absolute Gasteiger partial charge is 0.348 e. The third-order valence-corrected chi connectivity index (χ3v) is 11.3. The topological polar surface area (TPSA) is 36.9 Å². The molecule has 0 N–H and O–H groups in total. The van der Waals surface area contributed by atoms with Gasteiger partial charge in [0.05, 0.1) is 26.4 Å². The first-order chi connectivity index (χ1) is 16.7. The summed E-state index contributed by atoms with van der Waals surface area (Å²) < 4.78 is 24.6. The average Bonchev–Trinajstić information content (AvgIpc) is 3.56. The molecule has 6 rings (SSSR count). The molecule has 3 saturated carbocycles. The lowest BCUT2D eigenvalue weighted by Crippen LogP contribution is -2.56. The minimum Gasteiger partial charge on any atom is -0.348 e. The van der Waals surface area contributed by atoms with Crippen LogP contribution in [0.25, 0.3) is 0 Å². The van der Waals surface area contributed by atoms with Gasteiger partial charge in [-0.2, -0.15) is 0 Å². The van der Waals surface area contributed by atoms with Gasteiger partial charge in [-0.1, -0.05) is 75.5 Å². The highest BCUT2D eigenvalue weighted by molar-refractivity contribution is 9.09. The molecule has 7 atom stereocenters. The summed E-state index contributed by atoms with van der Waals surface area (Å²) in [6.07, 6.45) is 12.2. The molecule has 0 aromatic carbocycles. The van der Waals surface area contributed by atoms with E-state index in [4.69, 9.17) is 18.9 Å². The Hall–Kier alpha value is 0.0600. The molecule has 35 heavy (non-hydrogen) atoms. The van der Waals surface area contributed by atoms with Crippen LogP contribution in [0.3, 0.4) is 0 Å². The number of halogens is 1. The van der Waals surface area contributed by atoms with Crippen molar-refractivity contribution in [3.63, 3.8) is 0 Å². The highest BCUT2D eigenvalue weighted by Gasteiger charge is 2.65. The van der Waals surface area contributed by atoms with Gasteiger partial charge in [-0.25, -0.2) is 0 Å². The van der Waals surface area contributed by atoms with E-state index in [1.54, 1.807) is 5.57 Å². The molecule has 1 unspecified atom stereocenters. The molecule has 4 nitrogen and oxygen atoms in total. The SMILES string of the molecule is CC.CC1([C@H]2CC[C@H]3C4[C@@H](Br)C=C5CC6(CC[C@]5(C)[C@H]4CC[C@]23C)OCCO6)OCCO1.CCC. The number of fused-ring (bicyclic) bond motifs is 5. The lowest BCUT2D eigenvalue weighted by Gasteiger charge is -2.60. The van der Waals surface area contributed by atoms with Gasteiger partial charge in [-0.3, -0.25) is 0 Å². The number of alkyl halides is 1. The standard InChI is InChI=1S/C25H37BrO4.C3H8.C2H6/c1-22-8-9-25(29-12-13-30-25)15-16(22)14-19(26)21-17-4-5-20(24(3)27-10-11-28-24)23(17,2)7-6-18(21)22;1-3-2;1-2/h14,17-21H,4-13,15H2,1-3H3;3H2,1-2H3;1-2H3/t17-,18-,19-,20-,21?,22-,23-;;/m0../s1. The zero-order chi connectivity index (χ0) is 25.5. The van der Waals surface area contributed by atoms with Crippen LogP contribution in [0.4, 0.5) is 0 Å². The Labute approximate surface area is 223 Å². The molecule has 5 heteroatoms. The van der Waals surface area contributed by atoms with E-state index in [1.807, 2.05) is 13.8 Å². The molecule has 4 aliphatic carbocycles. The van der Waals surface area contributed by atoms with Crippen molar-refractivity contribution in [2.24, 2.45) is 34.5 Å². The highest BCUT2D eigenvalue weighted by Crippen LogP contribution is 2.69. The van der Waals surface area contributed by atoms with Crippen LogP contribution in [0.1, 0.15) is 99.8 Å². The first-order valence-electron chi connectivity index (χ1n) is 14.6. The normalized spacial score (nSPS) is 44.7. The second-order valence-electron chi connectivity index (χ2n) is 12.2. The van der Waals surface area contributed by atoms with Gasteiger partial charge in [0.1, 0.15) is 0 Å². The maximum absolute atomic E-state index is 6.19. The van der Waals surface area contributed by atoms with E-state index < -0.39 is 0 Å². The first kappa shape index (κ1) is 28.1. The molecule has 1 spiro atoms. The molecule has 5 fully saturated rings. The summed E-state index contributed by atoms with van der Waals surface area (Å²) in [7, 11) is 0. The van der Waals surface area contributed by atoms with E-state index in [2.05, 4.69) is 56.6 Å². The predicted molar refractivity (Wildman–Crippen MR) is 146 cm³/mol. The van der Waals surface area contributed by atoms with Crippen LogP contribution < -0.4 is 0 Å². The monoisotopic (exact) mass is 554 g/mol. The molecule has 2 saturated heterocycles. The van der Waals surface area contributed by atoms with E-state index in [0.29, 0.717) is 27.5 Å². The fraction of sp³-hybridized carbons (Fsp3) is 0.933. The number of rotatable bonds is 1. The minimum atomic E-state index is -0.383. The Morgan fingerprint density at radius 2 is 1.43 bits per heavy atom. The number of allylic oxidation sites excluding steroid dienone is 1. The summed E-state index contributed by atoms with van der Waals surface area (Å²) in [5.41, 5.74) is 2.19. The number of ether oxygens (including phenoxy) is 4. The summed E-state index contributed by atoms with van der Waals surface area (Å²) in [4.78, 5) is 0.448. The third-order valence-electron chi connectivity index (χ3n) is 10.4. The Balaban J connectivity index is 0.000000539. The second kappa shape index (κ2) is 10.7. The van der Waals surface area contributed by atoms with E-state index in [0.717, 1.165) is 51.1 Å². The zero-order valence-electron chi connectivity index (χ0n) is 23.5. The van der Waals surface area contributed by atoms with Crippen molar-refractivity contribution in [3.05, 3.63) is 11.6 Å². The summed E-state index contributed by atoms with van der Waals surface area (Å²) in [5, 5.41) is 0. The fourth-order valence-electron chi connectivity index (χ4n) is 8.89. The summed E-state index contributed by atoms with van der Waals surface area (Å²) in [6, 6.07) is 0. The molecule has 2 aliphatic heterocycles. The van der Waals surface area contributed by atoms with Gasteiger partial charge in [0, 0.05) is 23.6 Å². The lowest BCUT2D eigenvalue weighted by molar-refractivity contribution is -0.216. The van der Waals surface area contributed by atoms with Gasteiger partial charge < -0.3 is 18.9 Å². The molecule has 0 aromatic rings. The van der Waals surface area contributed by atoms with Crippen LogP contribution in [0, 0.1) is 34.5 Å². The maximum Gasteiger partial charge on any atom is 0.172 e. The molecule has 0 bridgehead atoms. The molecular weight excluding hydrogens is 504 g/mol. The first-order valence-corrected chi connectivity index (χ1v) is 15.5. The van der Waals surface area contributed by atoms with Crippen LogP contribution in [-0.2, 0) is 18.9 Å². The van der Waals surface area contributed by atoms with Gasteiger partial charge in [0.25, 0.3) is 0 Å². The van der Waals surface area contributed by atoms with Crippen molar-refractivity contribution < 1.29 is 18.9 Å².